The van der Waals surface area contributed by atoms with E-state index in [4.69, 9.17) is 23.2 Å². The third-order valence-electron chi connectivity index (χ3n) is 7.03. The summed E-state index contributed by atoms with van der Waals surface area (Å²) in [6, 6.07) is 0. The minimum absolute atomic E-state index is 0.385. The molecule has 0 radical (unpaired) electrons. The number of allylic oxidation sites excluding steroid dienone is 6. The zero-order valence-corrected chi connectivity index (χ0v) is 20.0. The van der Waals surface area contributed by atoms with Gasteiger partial charge in [-0.05, 0) is 51.4 Å². The molecule has 4 rings (SSSR count). The quantitative estimate of drug-likeness (QED) is 0.406. The fraction of sp³-hybridized carbons (Fsp3) is 0.545. The molecule has 2 atom stereocenters. The summed E-state index contributed by atoms with van der Waals surface area (Å²) in [5, 5.41) is -1.95. The normalized spacial score (nSPS) is 27.8. The van der Waals surface area contributed by atoms with Gasteiger partial charge >= 0.3 is 0 Å². The molecule has 0 bridgehead atoms. The van der Waals surface area contributed by atoms with E-state index in [1.54, 1.807) is 0 Å². The summed E-state index contributed by atoms with van der Waals surface area (Å²) in [5.41, 5.74) is 9.25. The van der Waals surface area contributed by atoms with Crippen LogP contribution in [0.4, 0.5) is 0 Å². The molecule has 0 N–H and O–H groups in total. The molecule has 0 aromatic carbocycles. The van der Waals surface area contributed by atoms with Crippen LogP contribution in [0.25, 0.3) is 0 Å². The summed E-state index contributed by atoms with van der Waals surface area (Å²) < 4.78 is 49.6. The number of alkyl halides is 2. The molecule has 0 fully saturated rings. The van der Waals surface area contributed by atoms with Crippen molar-refractivity contribution in [3.8, 4) is 0 Å². The average molecular weight is 489 g/mol. The van der Waals surface area contributed by atoms with Crippen molar-refractivity contribution < 1.29 is 16.8 Å². The van der Waals surface area contributed by atoms with E-state index in [0.717, 1.165) is 36.8 Å². The van der Waals surface area contributed by atoms with Crippen LogP contribution in [0, 0.1) is 0 Å². The first-order valence-corrected chi connectivity index (χ1v) is 14.6. The Kier molecular flexibility index (Phi) is 5.93. The third kappa shape index (κ3) is 3.89. The van der Waals surface area contributed by atoms with Gasteiger partial charge in [-0.1, -0.05) is 57.7 Å². The Morgan fingerprint density at radius 3 is 1.23 bits per heavy atom. The van der Waals surface area contributed by atoms with Gasteiger partial charge in [-0.15, -0.1) is 23.2 Å². The van der Waals surface area contributed by atoms with Crippen molar-refractivity contribution in [1.29, 1.82) is 0 Å². The van der Waals surface area contributed by atoms with Gasteiger partial charge in [0.1, 0.15) is 10.4 Å². The van der Waals surface area contributed by atoms with Gasteiger partial charge in [-0.3, -0.25) is 0 Å². The standard InChI is InChI=1S/C22H26Cl2O4S2/c1-13-3-15-5-17-6-16-4-14(2)22(30(27,28)12-24)10-20(16)8-18(17)7-19(15)9-21(13)29(25,26)11-23/h21-22H,1-12H2. The van der Waals surface area contributed by atoms with Gasteiger partial charge in [0.2, 0.25) is 0 Å². The summed E-state index contributed by atoms with van der Waals surface area (Å²) in [5.74, 6) is 0. The zero-order valence-electron chi connectivity index (χ0n) is 16.8. The maximum absolute atomic E-state index is 12.4. The summed E-state index contributed by atoms with van der Waals surface area (Å²) in [7, 11) is -6.77. The third-order valence-corrected chi connectivity index (χ3v) is 12.2. The maximum atomic E-state index is 12.4. The van der Waals surface area contributed by atoms with E-state index in [1.165, 1.54) is 33.4 Å². The number of sulfone groups is 2. The molecule has 164 valence electrons. The van der Waals surface area contributed by atoms with Crippen molar-refractivity contribution in [1.82, 2.24) is 0 Å². The first kappa shape index (κ1) is 22.4. The monoisotopic (exact) mass is 488 g/mol. The van der Waals surface area contributed by atoms with Crippen LogP contribution >= 0.6 is 23.2 Å². The molecule has 0 aromatic rings. The molecule has 0 spiro atoms. The summed E-state index contributed by atoms with van der Waals surface area (Å²) in [6.45, 7) is 8.09. The van der Waals surface area contributed by atoms with Crippen LogP contribution < -0.4 is 0 Å². The summed E-state index contributed by atoms with van der Waals surface area (Å²) in [6.07, 6.45) is 5.49. The van der Waals surface area contributed by atoms with Gasteiger partial charge in [0, 0.05) is 0 Å². The predicted molar refractivity (Wildman–Crippen MR) is 123 cm³/mol. The lowest BCUT2D eigenvalue weighted by molar-refractivity contribution is 0.579. The Morgan fingerprint density at radius 2 is 0.900 bits per heavy atom. The van der Waals surface area contributed by atoms with E-state index in [9.17, 15) is 16.8 Å². The second-order valence-corrected chi connectivity index (χ2v) is 14.5. The molecule has 30 heavy (non-hydrogen) atoms. The van der Waals surface area contributed by atoms with E-state index < -0.39 is 30.2 Å². The van der Waals surface area contributed by atoms with Crippen molar-refractivity contribution in [2.75, 3.05) is 10.4 Å². The highest BCUT2D eigenvalue weighted by molar-refractivity contribution is 7.93. The molecule has 4 nitrogen and oxygen atoms in total. The molecule has 2 unspecified atom stereocenters. The number of hydrogen-bond acceptors (Lipinski definition) is 4. The Hall–Kier alpha value is -0.820. The van der Waals surface area contributed by atoms with E-state index in [2.05, 4.69) is 13.2 Å². The molecule has 8 heteroatoms. The van der Waals surface area contributed by atoms with Crippen LogP contribution in [0.15, 0.2) is 57.7 Å². The van der Waals surface area contributed by atoms with Crippen LogP contribution in [0.2, 0.25) is 0 Å². The molecular weight excluding hydrogens is 463 g/mol. The molecule has 0 aliphatic heterocycles. The van der Waals surface area contributed by atoms with Gasteiger partial charge in [0.05, 0.1) is 10.5 Å². The average Bonchev–Trinajstić information content (AvgIpc) is 2.69. The van der Waals surface area contributed by atoms with Gasteiger partial charge in [-0.2, -0.15) is 0 Å². The van der Waals surface area contributed by atoms with Gasteiger partial charge in [0.15, 0.2) is 19.7 Å². The Morgan fingerprint density at radius 1 is 0.600 bits per heavy atom. The second kappa shape index (κ2) is 7.95. The van der Waals surface area contributed by atoms with Crippen LogP contribution in [0.1, 0.15) is 51.4 Å². The van der Waals surface area contributed by atoms with E-state index >= 15 is 0 Å². The van der Waals surface area contributed by atoms with Gasteiger partial charge in [0.25, 0.3) is 0 Å². The van der Waals surface area contributed by atoms with Crippen molar-refractivity contribution in [2.45, 2.75) is 61.9 Å². The van der Waals surface area contributed by atoms with E-state index in [-0.39, 0.29) is 10.4 Å². The first-order chi connectivity index (χ1) is 14.1. The molecule has 0 amide bonds. The maximum Gasteiger partial charge on any atom is 0.171 e. The topological polar surface area (TPSA) is 68.3 Å². The van der Waals surface area contributed by atoms with Crippen LogP contribution in [-0.2, 0) is 19.7 Å². The highest BCUT2D eigenvalue weighted by atomic mass is 35.5. The van der Waals surface area contributed by atoms with Crippen molar-refractivity contribution in [3.63, 3.8) is 0 Å². The largest absolute Gasteiger partial charge is 0.227 e. The molecule has 0 saturated heterocycles. The minimum Gasteiger partial charge on any atom is -0.227 e. The Labute approximate surface area is 189 Å². The van der Waals surface area contributed by atoms with Gasteiger partial charge in [-0.25, -0.2) is 16.8 Å². The van der Waals surface area contributed by atoms with E-state index in [0.29, 0.717) is 25.7 Å². The number of hydrogen-bond donors (Lipinski definition) is 0. The number of halogens is 2. The van der Waals surface area contributed by atoms with E-state index in [1.807, 2.05) is 0 Å². The zero-order chi connectivity index (χ0) is 21.8. The molecular formula is C22H26Cl2O4S2. The highest BCUT2D eigenvalue weighted by Gasteiger charge is 2.39. The fourth-order valence-electron chi connectivity index (χ4n) is 5.39. The lowest BCUT2D eigenvalue weighted by atomic mass is 9.70. The Balaban J connectivity index is 1.55. The minimum atomic E-state index is -3.38. The highest BCUT2D eigenvalue weighted by Crippen LogP contribution is 2.50. The number of rotatable bonds is 4. The van der Waals surface area contributed by atoms with Crippen molar-refractivity contribution in [2.24, 2.45) is 0 Å². The first-order valence-electron chi connectivity index (χ1n) is 10.1. The fourth-order valence-corrected chi connectivity index (χ4v) is 8.70. The van der Waals surface area contributed by atoms with Crippen LogP contribution in [-0.4, -0.2) is 37.8 Å². The molecule has 4 aliphatic carbocycles. The Bertz CT molecular complexity index is 1050. The van der Waals surface area contributed by atoms with Crippen molar-refractivity contribution in [3.05, 3.63) is 57.7 Å². The van der Waals surface area contributed by atoms with Crippen LogP contribution in [0.3, 0.4) is 0 Å². The SMILES string of the molecule is C=C1CC2=C(CC3=C(C2)CC2=C(C3)CC(S(=O)(=O)CCl)C(=C)C2)CC1S(=O)(=O)CCl. The summed E-state index contributed by atoms with van der Waals surface area (Å²) >= 11 is 11.4. The molecule has 4 aliphatic rings. The molecule has 0 aromatic heterocycles. The van der Waals surface area contributed by atoms with Crippen LogP contribution in [0.5, 0.6) is 0 Å². The lowest BCUT2D eigenvalue weighted by Crippen LogP contribution is -2.31. The lowest BCUT2D eigenvalue weighted by Gasteiger charge is -2.39. The molecule has 0 saturated carbocycles. The molecule has 0 heterocycles. The summed E-state index contributed by atoms with van der Waals surface area (Å²) in [4.78, 5) is 0. The second-order valence-electron chi connectivity index (χ2n) is 8.93. The van der Waals surface area contributed by atoms with Crippen molar-refractivity contribution >= 4 is 42.9 Å². The van der Waals surface area contributed by atoms with Gasteiger partial charge < -0.3 is 0 Å². The predicted octanol–water partition coefficient (Wildman–Crippen LogP) is 5.12. The smallest absolute Gasteiger partial charge is 0.171 e.